The van der Waals surface area contributed by atoms with Crippen LogP contribution in [0.2, 0.25) is 0 Å². The number of fused-ring (bicyclic) bond motifs is 8. The molecule has 0 saturated carbocycles. The van der Waals surface area contributed by atoms with Gasteiger partial charge in [0.1, 0.15) is 5.52 Å². The fourth-order valence-electron chi connectivity index (χ4n) is 7.63. The summed E-state index contributed by atoms with van der Waals surface area (Å²) >= 11 is 0. The molecule has 7 nitrogen and oxygen atoms in total. The van der Waals surface area contributed by atoms with E-state index in [0.29, 0.717) is 29.1 Å². The smallest absolute Gasteiger partial charge is 0.238 e. The molecule has 0 spiro atoms. The normalized spacial score (nSPS) is 11.8. The maximum atomic E-state index is 6.16. The van der Waals surface area contributed by atoms with Crippen LogP contribution >= 0.6 is 0 Å². The van der Waals surface area contributed by atoms with Crippen LogP contribution < -0.4 is 0 Å². The summed E-state index contributed by atoms with van der Waals surface area (Å²) in [4.78, 5) is 20.4. The van der Waals surface area contributed by atoms with E-state index in [9.17, 15) is 0 Å². The number of oxazole rings is 1. The quantitative estimate of drug-likeness (QED) is 0.181. The molecule has 0 aliphatic rings. The van der Waals surface area contributed by atoms with Gasteiger partial charge in [-0.3, -0.25) is 4.57 Å². The van der Waals surface area contributed by atoms with E-state index in [1.54, 1.807) is 0 Å². The van der Waals surface area contributed by atoms with Crippen molar-refractivity contribution in [2.75, 3.05) is 0 Å². The van der Waals surface area contributed by atoms with Crippen LogP contribution in [0.1, 0.15) is 0 Å². The minimum Gasteiger partial charge on any atom is -0.436 e. The van der Waals surface area contributed by atoms with Crippen LogP contribution in [0.25, 0.3) is 101 Å². The van der Waals surface area contributed by atoms with Crippen molar-refractivity contribution in [3.63, 3.8) is 0 Å². The summed E-state index contributed by atoms with van der Waals surface area (Å²) in [6.07, 6.45) is 0. The van der Waals surface area contributed by atoms with Crippen molar-refractivity contribution in [2.45, 2.75) is 0 Å². The molecule has 53 heavy (non-hydrogen) atoms. The summed E-state index contributed by atoms with van der Waals surface area (Å²) in [6.45, 7) is 0. The van der Waals surface area contributed by atoms with Crippen LogP contribution in [0.3, 0.4) is 0 Å². The highest BCUT2D eigenvalue weighted by Crippen LogP contribution is 2.41. The lowest BCUT2D eigenvalue weighted by atomic mass is 10.1. The predicted molar refractivity (Wildman–Crippen MR) is 212 cm³/mol. The molecule has 0 unspecified atom stereocenters. The number of nitrogens with zero attached hydrogens (tertiary/aromatic N) is 6. The second kappa shape index (κ2) is 11.6. The van der Waals surface area contributed by atoms with Gasteiger partial charge in [-0.15, -0.1) is 0 Å². The molecule has 0 aliphatic heterocycles. The molecule has 7 aromatic carbocycles. The van der Waals surface area contributed by atoms with Crippen molar-refractivity contribution >= 4 is 54.7 Å². The Morgan fingerprint density at radius 2 is 0.943 bits per heavy atom. The molecular weight excluding hydrogens is 653 g/mol. The fraction of sp³-hybridized carbons (Fsp3) is 0. The molecule has 0 radical (unpaired) electrons. The Bertz CT molecular complexity index is 3160. The Hall–Kier alpha value is -7.38. The van der Waals surface area contributed by atoms with Gasteiger partial charge in [0, 0.05) is 43.9 Å². The Balaban J connectivity index is 1.23. The Morgan fingerprint density at radius 3 is 1.62 bits per heavy atom. The molecule has 0 saturated heterocycles. The number of rotatable bonds is 5. The molecule has 11 rings (SSSR count). The van der Waals surface area contributed by atoms with Gasteiger partial charge in [-0.2, -0.15) is 9.97 Å². The van der Waals surface area contributed by atoms with Crippen molar-refractivity contribution in [3.8, 4) is 45.9 Å². The van der Waals surface area contributed by atoms with Gasteiger partial charge >= 0.3 is 0 Å². The molecule has 248 valence electrons. The first-order chi connectivity index (χ1) is 26.3. The molecule has 0 atom stereocenters. The molecule has 0 amide bonds. The first kappa shape index (κ1) is 29.4. The van der Waals surface area contributed by atoms with E-state index < -0.39 is 0 Å². The zero-order chi connectivity index (χ0) is 34.9. The van der Waals surface area contributed by atoms with Crippen molar-refractivity contribution in [3.05, 3.63) is 170 Å². The lowest BCUT2D eigenvalue weighted by Crippen LogP contribution is -2.07. The number of benzene rings is 7. The third-order valence-electron chi connectivity index (χ3n) is 10.0. The van der Waals surface area contributed by atoms with Crippen molar-refractivity contribution in [2.24, 2.45) is 0 Å². The lowest BCUT2D eigenvalue weighted by molar-refractivity contribution is 0.620. The summed E-state index contributed by atoms with van der Waals surface area (Å²) in [5.74, 6) is 2.23. The summed E-state index contributed by atoms with van der Waals surface area (Å²) in [7, 11) is 0. The van der Waals surface area contributed by atoms with Crippen LogP contribution in [0.15, 0.2) is 174 Å². The SMILES string of the molecule is c1ccc(-c2nc(-c3ccc4oc(-c5ccccc5)nc4c3)nc(-n3c4ccccc4c4ccc5c6ccccc6n(-c6ccccc6)c5c43)n2)cc1. The molecule has 0 N–H and O–H groups in total. The summed E-state index contributed by atoms with van der Waals surface area (Å²) in [5.41, 5.74) is 9.41. The van der Waals surface area contributed by atoms with E-state index in [-0.39, 0.29) is 0 Å². The second-order valence-electron chi connectivity index (χ2n) is 13.1. The second-order valence-corrected chi connectivity index (χ2v) is 13.1. The molecule has 4 heterocycles. The Morgan fingerprint density at radius 1 is 0.396 bits per heavy atom. The van der Waals surface area contributed by atoms with Gasteiger partial charge in [0.05, 0.1) is 22.1 Å². The van der Waals surface area contributed by atoms with Gasteiger partial charge in [0.25, 0.3) is 0 Å². The molecule has 0 fully saturated rings. The van der Waals surface area contributed by atoms with Crippen LogP contribution in [-0.4, -0.2) is 29.1 Å². The largest absolute Gasteiger partial charge is 0.436 e. The number of hydrogen-bond acceptors (Lipinski definition) is 5. The van der Waals surface area contributed by atoms with E-state index >= 15 is 0 Å². The average Bonchev–Trinajstić information content (AvgIpc) is 3.92. The predicted octanol–water partition coefficient (Wildman–Crippen LogP) is 11.2. The summed E-state index contributed by atoms with van der Waals surface area (Å²) < 4.78 is 10.7. The first-order valence-corrected chi connectivity index (χ1v) is 17.6. The highest BCUT2D eigenvalue weighted by atomic mass is 16.3. The van der Waals surface area contributed by atoms with Gasteiger partial charge in [-0.25, -0.2) is 9.97 Å². The highest BCUT2D eigenvalue weighted by molar-refractivity contribution is 6.23. The van der Waals surface area contributed by atoms with E-state index in [4.69, 9.17) is 24.4 Å². The minimum absolute atomic E-state index is 0.530. The van der Waals surface area contributed by atoms with Gasteiger partial charge < -0.3 is 8.98 Å². The van der Waals surface area contributed by atoms with Gasteiger partial charge in [-0.05, 0) is 54.6 Å². The topological polar surface area (TPSA) is 74.6 Å². The van der Waals surface area contributed by atoms with E-state index in [1.807, 2.05) is 78.9 Å². The van der Waals surface area contributed by atoms with E-state index in [0.717, 1.165) is 66.1 Å². The molecule has 0 aliphatic carbocycles. The first-order valence-electron chi connectivity index (χ1n) is 17.6. The standard InChI is InChI=1S/C46H28N6O/c1-4-14-29(15-5-1)43-48-44(31-24-27-40-37(28-31)47-45(53-40)30-16-6-2-7-17-30)50-46(49-43)52-39-23-13-11-21-34(39)36-26-25-35-33-20-10-12-22-38(33)51(41(35)42(36)52)32-18-8-3-9-19-32/h1-28H. The van der Waals surface area contributed by atoms with Gasteiger partial charge in [-0.1, -0.05) is 115 Å². The number of para-hydroxylation sites is 3. The Labute approximate surface area is 303 Å². The lowest BCUT2D eigenvalue weighted by Gasteiger charge is -2.13. The third-order valence-corrected chi connectivity index (χ3v) is 10.0. The molecule has 0 bridgehead atoms. The van der Waals surface area contributed by atoms with Crippen LogP contribution in [-0.2, 0) is 0 Å². The number of aromatic nitrogens is 6. The molecular formula is C46H28N6O. The number of hydrogen-bond donors (Lipinski definition) is 0. The van der Waals surface area contributed by atoms with Crippen molar-refractivity contribution in [1.82, 2.24) is 29.1 Å². The van der Waals surface area contributed by atoms with Crippen LogP contribution in [0.5, 0.6) is 0 Å². The maximum Gasteiger partial charge on any atom is 0.238 e. The van der Waals surface area contributed by atoms with Gasteiger partial charge in [0.15, 0.2) is 17.2 Å². The average molecular weight is 681 g/mol. The Kier molecular flexibility index (Phi) is 6.42. The summed E-state index contributed by atoms with van der Waals surface area (Å²) in [5, 5.41) is 4.58. The molecule has 4 aromatic heterocycles. The maximum absolute atomic E-state index is 6.16. The zero-order valence-electron chi connectivity index (χ0n) is 28.3. The fourth-order valence-corrected chi connectivity index (χ4v) is 7.63. The monoisotopic (exact) mass is 680 g/mol. The molecule has 11 aromatic rings. The minimum atomic E-state index is 0.530. The third kappa shape index (κ3) is 4.61. The highest BCUT2D eigenvalue weighted by Gasteiger charge is 2.23. The molecule has 7 heteroatoms. The summed E-state index contributed by atoms with van der Waals surface area (Å²) in [6, 6.07) is 58.1. The van der Waals surface area contributed by atoms with Crippen molar-refractivity contribution in [1.29, 1.82) is 0 Å². The van der Waals surface area contributed by atoms with E-state index in [2.05, 4.69) is 100 Å². The van der Waals surface area contributed by atoms with Gasteiger partial charge in [0.2, 0.25) is 11.8 Å². The van der Waals surface area contributed by atoms with E-state index in [1.165, 1.54) is 5.39 Å². The van der Waals surface area contributed by atoms with Crippen LogP contribution in [0, 0.1) is 0 Å². The van der Waals surface area contributed by atoms with Crippen LogP contribution in [0.4, 0.5) is 0 Å². The zero-order valence-corrected chi connectivity index (χ0v) is 28.3. The van der Waals surface area contributed by atoms with Crippen molar-refractivity contribution < 1.29 is 4.42 Å².